The standard InChI is InChI=1S/C30H24Cl3N3O3/c31-24-8-4-7-23(29(24)33)27-13-10-22(39-27)11-14-28(37)34-21-9-12-26(25(32)19-21)35-15-17-36(18-16-35)30(38)20-5-2-1-3-6-20/h1-14,19H,15-18H2,(H,34,37). The van der Waals surface area contributed by atoms with Crippen LogP contribution in [0.25, 0.3) is 17.4 Å². The van der Waals surface area contributed by atoms with Gasteiger partial charge in [-0.2, -0.15) is 0 Å². The van der Waals surface area contributed by atoms with E-state index in [4.69, 9.17) is 39.2 Å². The van der Waals surface area contributed by atoms with E-state index >= 15 is 0 Å². The molecule has 3 aromatic carbocycles. The van der Waals surface area contributed by atoms with E-state index in [9.17, 15) is 9.59 Å². The minimum atomic E-state index is -0.328. The summed E-state index contributed by atoms with van der Waals surface area (Å²) >= 11 is 18.9. The highest BCUT2D eigenvalue weighted by molar-refractivity contribution is 6.43. The highest BCUT2D eigenvalue weighted by Crippen LogP contribution is 2.34. The number of furan rings is 1. The van der Waals surface area contributed by atoms with Crippen LogP contribution >= 0.6 is 34.8 Å². The molecule has 0 bridgehead atoms. The molecule has 5 rings (SSSR count). The molecule has 1 aromatic heterocycles. The summed E-state index contributed by atoms with van der Waals surface area (Å²) in [7, 11) is 0. The molecule has 0 unspecified atom stereocenters. The van der Waals surface area contributed by atoms with Gasteiger partial charge in [0, 0.05) is 49.1 Å². The zero-order valence-electron chi connectivity index (χ0n) is 20.7. The molecule has 0 aliphatic carbocycles. The zero-order valence-corrected chi connectivity index (χ0v) is 23.0. The average molecular weight is 581 g/mol. The highest BCUT2D eigenvalue weighted by Gasteiger charge is 2.23. The summed E-state index contributed by atoms with van der Waals surface area (Å²) in [4.78, 5) is 29.2. The van der Waals surface area contributed by atoms with Crippen molar-refractivity contribution in [1.29, 1.82) is 0 Å². The van der Waals surface area contributed by atoms with Gasteiger partial charge in [0.25, 0.3) is 5.91 Å². The molecule has 0 atom stereocenters. The SMILES string of the molecule is O=C(C=Cc1ccc(-c2cccc(Cl)c2Cl)o1)Nc1ccc(N2CCN(C(=O)c3ccccc3)CC2)c(Cl)c1. The molecule has 6 nitrogen and oxygen atoms in total. The first kappa shape index (κ1) is 26.9. The van der Waals surface area contributed by atoms with Gasteiger partial charge in [-0.25, -0.2) is 0 Å². The third-order valence-electron chi connectivity index (χ3n) is 6.39. The Bertz CT molecular complexity index is 1530. The lowest BCUT2D eigenvalue weighted by molar-refractivity contribution is -0.111. The second kappa shape index (κ2) is 12.0. The lowest BCUT2D eigenvalue weighted by Gasteiger charge is -2.36. The largest absolute Gasteiger partial charge is 0.457 e. The van der Waals surface area contributed by atoms with Crippen molar-refractivity contribution in [3.63, 3.8) is 0 Å². The number of nitrogens with zero attached hydrogens (tertiary/aromatic N) is 2. The fraction of sp³-hybridized carbons (Fsp3) is 0.133. The van der Waals surface area contributed by atoms with Crippen LogP contribution in [0.4, 0.5) is 11.4 Å². The molecular formula is C30H24Cl3N3O3. The van der Waals surface area contributed by atoms with Crippen LogP contribution in [-0.2, 0) is 4.79 Å². The van der Waals surface area contributed by atoms with Gasteiger partial charge in [-0.1, -0.05) is 59.1 Å². The maximum Gasteiger partial charge on any atom is 0.253 e. The molecule has 0 saturated carbocycles. The monoisotopic (exact) mass is 579 g/mol. The van der Waals surface area contributed by atoms with Gasteiger partial charge in [0.05, 0.1) is 20.8 Å². The highest BCUT2D eigenvalue weighted by atomic mass is 35.5. The number of hydrogen-bond acceptors (Lipinski definition) is 4. The normalized spacial score (nSPS) is 13.6. The number of piperazine rings is 1. The number of hydrogen-bond donors (Lipinski definition) is 1. The number of nitrogens with one attached hydrogen (secondary N) is 1. The predicted molar refractivity (Wildman–Crippen MR) is 158 cm³/mol. The van der Waals surface area contributed by atoms with E-state index in [2.05, 4.69) is 10.2 Å². The maximum absolute atomic E-state index is 12.7. The third-order valence-corrected chi connectivity index (χ3v) is 7.51. The second-order valence-electron chi connectivity index (χ2n) is 8.94. The number of benzene rings is 3. The number of carbonyl (C=O) groups is 2. The Balaban J connectivity index is 1.17. The first-order valence-corrected chi connectivity index (χ1v) is 13.4. The van der Waals surface area contributed by atoms with Crippen LogP contribution in [-0.4, -0.2) is 42.9 Å². The average Bonchev–Trinajstić information content (AvgIpc) is 3.43. The Morgan fingerprint density at radius 3 is 2.33 bits per heavy atom. The molecule has 1 saturated heterocycles. The molecule has 2 heterocycles. The Morgan fingerprint density at radius 2 is 1.59 bits per heavy atom. The third kappa shape index (κ3) is 6.31. The van der Waals surface area contributed by atoms with Crippen LogP contribution in [0.1, 0.15) is 16.1 Å². The number of halogens is 3. The molecule has 0 radical (unpaired) electrons. The van der Waals surface area contributed by atoms with E-state index in [-0.39, 0.29) is 11.8 Å². The molecule has 39 heavy (non-hydrogen) atoms. The van der Waals surface area contributed by atoms with Crippen molar-refractivity contribution in [3.05, 3.63) is 111 Å². The lowest BCUT2D eigenvalue weighted by atomic mass is 10.1. The van der Waals surface area contributed by atoms with Gasteiger partial charge in [0.2, 0.25) is 5.91 Å². The Morgan fingerprint density at radius 1 is 0.821 bits per heavy atom. The van der Waals surface area contributed by atoms with Crippen molar-refractivity contribution in [2.24, 2.45) is 0 Å². The van der Waals surface area contributed by atoms with Crippen LogP contribution in [0.2, 0.25) is 15.1 Å². The van der Waals surface area contributed by atoms with Crippen LogP contribution < -0.4 is 10.2 Å². The number of rotatable bonds is 6. The van der Waals surface area contributed by atoms with Gasteiger partial charge in [0.1, 0.15) is 11.5 Å². The molecule has 2 amide bonds. The summed E-state index contributed by atoms with van der Waals surface area (Å²) in [6, 6.07) is 23.5. The van der Waals surface area contributed by atoms with E-state index < -0.39 is 0 Å². The van der Waals surface area contributed by atoms with Crippen molar-refractivity contribution in [1.82, 2.24) is 4.90 Å². The first-order chi connectivity index (χ1) is 18.9. The van der Waals surface area contributed by atoms with Crippen molar-refractivity contribution in [2.75, 3.05) is 36.4 Å². The molecule has 4 aromatic rings. The Labute approximate surface area is 241 Å². The second-order valence-corrected chi connectivity index (χ2v) is 10.1. The lowest BCUT2D eigenvalue weighted by Crippen LogP contribution is -2.48. The molecule has 198 valence electrons. The van der Waals surface area contributed by atoms with Gasteiger partial charge in [-0.3, -0.25) is 9.59 Å². The van der Waals surface area contributed by atoms with Crippen LogP contribution in [0.5, 0.6) is 0 Å². The summed E-state index contributed by atoms with van der Waals surface area (Å²) in [6.07, 6.45) is 2.95. The minimum Gasteiger partial charge on any atom is -0.457 e. The van der Waals surface area contributed by atoms with Gasteiger partial charge < -0.3 is 19.5 Å². The maximum atomic E-state index is 12.7. The molecular weight excluding hydrogens is 557 g/mol. The molecule has 1 fully saturated rings. The van der Waals surface area contributed by atoms with Gasteiger partial charge in [0.15, 0.2) is 0 Å². The van der Waals surface area contributed by atoms with Gasteiger partial charge in [-0.05, 0) is 60.7 Å². The van der Waals surface area contributed by atoms with Crippen LogP contribution in [0.3, 0.4) is 0 Å². The van der Waals surface area contributed by atoms with Crippen LogP contribution in [0.15, 0.2) is 89.4 Å². The van der Waals surface area contributed by atoms with Crippen molar-refractivity contribution in [3.8, 4) is 11.3 Å². The summed E-state index contributed by atoms with van der Waals surface area (Å²) < 4.78 is 5.79. The zero-order chi connectivity index (χ0) is 27.4. The summed E-state index contributed by atoms with van der Waals surface area (Å²) in [5.74, 6) is 0.752. The van der Waals surface area contributed by atoms with Crippen molar-refractivity contribution >= 4 is 64.1 Å². The Hall–Kier alpha value is -3.71. The summed E-state index contributed by atoms with van der Waals surface area (Å²) in [5, 5.41) is 4.18. The quantitative estimate of drug-likeness (QED) is 0.240. The van der Waals surface area contributed by atoms with Gasteiger partial charge >= 0.3 is 0 Å². The number of carbonyl (C=O) groups excluding carboxylic acids is 2. The molecule has 0 spiro atoms. The molecule has 1 aliphatic heterocycles. The predicted octanol–water partition coefficient (Wildman–Crippen LogP) is 7.52. The minimum absolute atomic E-state index is 0.0338. The van der Waals surface area contributed by atoms with E-state index in [0.29, 0.717) is 69.6 Å². The fourth-order valence-electron chi connectivity index (χ4n) is 4.38. The molecule has 9 heteroatoms. The van der Waals surface area contributed by atoms with E-state index in [1.54, 1.807) is 42.5 Å². The molecule has 1 aliphatic rings. The van der Waals surface area contributed by atoms with E-state index in [0.717, 1.165) is 5.69 Å². The summed E-state index contributed by atoms with van der Waals surface area (Å²) in [6.45, 7) is 2.53. The van der Waals surface area contributed by atoms with Crippen molar-refractivity contribution < 1.29 is 14.0 Å². The van der Waals surface area contributed by atoms with Gasteiger partial charge in [-0.15, -0.1) is 0 Å². The summed E-state index contributed by atoms with van der Waals surface area (Å²) in [5.41, 5.74) is 2.80. The number of amides is 2. The van der Waals surface area contributed by atoms with Crippen molar-refractivity contribution in [2.45, 2.75) is 0 Å². The van der Waals surface area contributed by atoms with Crippen LogP contribution in [0, 0.1) is 0 Å². The first-order valence-electron chi connectivity index (χ1n) is 12.3. The van der Waals surface area contributed by atoms with E-state index in [1.807, 2.05) is 47.4 Å². The fourth-order valence-corrected chi connectivity index (χ4v) is 5.07. The number of anilines is 2. The Kier molecular flexibility index (Phi) is 8.27. The van der Waals surface area contributed by atoms with E-state index in [1.165, 1.54) is 6.08 Å². The topological polar surface area (TPSA) is 65.8 Å². The smallest absolute Gasteiger partial charge is 0.253 e. The molecule has 1 N–H and O–H groups in total.